The van der Waals surface area contributed by atoms with Crippen molar-refractivity contribution < 1.29 is 9.13 Å². The molecule has 0 aliphatic heterocycles. The summed E-state index contributed by atoms with van der Waals surface area (Å²) in [4.78, 5) is 0. The van der Waals surface area contributed by atoms with Crippen LogP contribution >= 0.6 is 0 Å². The highest BCUT2D eigenvalue weighted by Gasteiger charge is 2.10. The Hall–Kier alpha value is -1.83. The Bertz CT molecular complexity index is 604. The molecule has 124 valence electrons. The third kappa shape index (κ3) is 5.09. The molecule has 2 rings (SSSR count). The van der Waals surface area contributed by atoms with E-state index in [9.17, 15) is 4.39 Å². The van der Waals surface area contributed by atoms with Crippen LogP contribution in [0.2, 0.25) is 0 Å². The summed E-state index contributed by atoms with van der Waals surface area (Å²) in [5.41, 5.74) is 3.11. The molecule has 0 aliphatic carbocycles. The summed E-state index contributed by atoms with van der Waals surface area (Å²) in [5, 5.41) is 0. The second kappa shape index (κ2) is 8.71. The van der Waals surface area contributed by atoms with Gasteiger partial charge in [0.1, 0.15) is 0 Å². The quantitative estimate of drug-likeness (QED) is 0.548. The molecule has 0 N–H and O–H groups in total. The van der Waals surface area contributed by atoms with Crippen LogP contribution in [0.5, 0.6) is 5.75 Å². The van der Waals surface area contributed by atoms with Crippen LogP contribution in [-0.4, -0.2) is 6.61 Å². The number of rotatable bonds is 8. The van der Waals surface area contributed by atoms with Gasteiger partial charge in [-0.15, -0.1) is 0 Å². The topological polar surface area (TPSA) is 9.23 Å². The summed E-state index contributed by atoms with van der Waals surface area (Å²) in [6.07, 6.45) is 4.62. The van der Waals surface area contributed by atoms with Gasteiger partial charge >= 0.3 is 0 Å². The lowest BCUT2D eigenvalue weighted by molar-refractivity contribution is 0.225. The van der Waals surface area contributed by atoms with Crippen LogP contribution in [0, 0.1) is 18.7 Å². The van der Waals surface area contributed by atoms with Gasteiger partial charge in [0.15, 0.2) is 11.6 Å². The maximum Gasteiger partial charge on any atom is 0.165 e. The van der Waals surface area contributed by atoms with Crippen molar-refractivity contribution in [2.45, 2.75) is 46.5 Å². The van der Waals surface area contributed by atoms with Gasteiger partial charge in [0.25, 0.3) is 0 Å². The first-order valence-corrected chi connectivity index (χ1v) is 8.63. The molecule has 0 aromatic heterocycles. The van der Waals surface area contributed by atoms with Crippen molar-refractivity contribution in [3.8, 4) is 16.9 Å². The highest BCUT2D eigenvalue weighted by atomic mass is 19.1. The summed E-state index contributed by atoms with van der Waals surface area (Å²) in [5.74, 6) is 0.579. The average Bonchev–Trinajstić information content (AvgIpc) is 2.57. The number of hydrogen-bond acceptors (Lipinski definition) is 1. The minimum Gasteiger partial charge on any atom is -0.490 e. The van der Waals surface area contributed by atoms with E-state index in [2.05, 4.69) is 13.8 Å². The van der Waals surface area contributed by atoms with Crippen LogP contribution < -0.4 is 4.74 Å². The smallest absolute Gasteiger partial charge is 0.165 e. The Morgan fingerprint density at radius 2 is 1.70 bits per heavy atom. The van der Waals surface area contributed by atoms with Crippen molar-refractivity contribution in [2.75, 3.05) is 6.61 Å². The molecule has 0 aliphatic rings. The zero-order chi connectivity index (χ0) is 16.7. The third-order valence-corrected chi connectivity index (χ3v) is 4.33. The molecule has 0 heterocycles. The van der Waals surface area contributed by atoms with Crippen molar-refractivity contribution in [2.24, 2.45) is 5.92 Å². The molecule has 1 unspecified atom stereocenters. The van der Waals surface area contributed by atoms with E-state index >= 15 is 0 Å². The molecular weight excluding hydrogens is 287 g/mol. The summed E-state index contributed by atoms with van der Waals surface area (Å²) in [6.45, 7) is 7.00. The zero-order valence-electron chi connectivity index (χ0n) is 14.4. The predicted molar refractivity (Wildman–Crippen MR) is 95.4 cm³/mol. The van der Waals surface area contributed by atoms with E-state index in [1.807, 2.05) is 37.3 Å². The average molecular weight is 314 g/mol. The van der Waals surface area contributed by atoms with Crippen LogP contribution in [0.15, 0.2) is 42.5 Å². The number of unbranched alkanes of at least 4 members (excludes halogenated alkanes) is 1. The van der Waals surface area contributed by atoms with E-state index in [0.29, 0.717) is 18.3 Å². The number of hydrogen-bond donors (Lipinski definition) is 0. The van der Waals surface area contributed by atoms with Gasteiger partial charge in [0.2, 0.25) is 0 Å². The Morgan fingerprint density at radius 1 is 1.00 bits per heavy atom. The second-order valence-corrected chi connectivity index (χ2v) is 6.24. The minimum absolute atomic E-state index is 0.284. The largest absolute Gasteiger partial charge is 0.490 e. The lowest BCUT2D eigenvalue weighted by atomic mass is 10.0. The van der Waals surface area contributed by atoms with Crippen LogP contribution in [0.1, 0.15) is 45.1 Å². The zero-order valence-corrected chi connectivity index (χ0v) is 14.4. The summed E-state index contributed by atoms with van der Waals surface area (Å²) >= 11 is 0. The van der Waals surface area contributed by atoms with Crippen LogP contribution in [0.3, 0.4) is 0 Å². The molecule has 2 aromatic rings. The number of ether oxygens (including phenoxy) is 1. The molecule has 2 heteroatoms. The van der Waals surface area contributed by atoms with E-state index in [1.165, 1.54) is 18.4 Å². The van der Waals surface area contributed by atoms with Crippen molar-refractivity contribution in [1.29, 1.82) is 0 Å². The van der Waals surface area contributed by atoms with Gasteiger partial charge in [-0.2, -0.15) is 0 Å². The van der Waals surface area contributed by atoms with E-state index in [1.54, 1.807) is 12.1 Å². The molecule has 0 fully saturated rings. The monoisotopic (exact) mass is 314 g/mol. The highest BCUT2D eigenvalue weighted by Crippen LogP contribution is 2.26. The molecule has 0 bridgehead atoms. The van der Waals surface area contributed by atoms with Gasteiger partial charge in [-0.3, -0.25) is 0 Å². The molecule has 0 amide bonds. The first-order valence-electron chi connectivity index (χ1n) is 8.63. The number of aryl methyl sites for hydroxylation is 1. The molecule has 0 spiro atoms. The summed E-state index contributed by atoms with van der Waals surface area (Å²) in [7, 11) is 0. The van der Waals surface area contributed by atoms with Crippen LogP contribution in [0.25, 0.3) is 11.1 Å². The molecule has 0 radical (unpaired) electrons. The van der Waals surface area contributed by atoms with Gasteiger partial charge in [-0.25, -0.2) is 4.39 Å². The van der Waals surface area contributed by atoms with E-state index < -0.39 is 0 Å². The molecule has 1 atom stereocenters. The Labute approximate surface area is 139 Å². The van der Waals surface area contributed by atoms with E-state index in [0.717, 1.165) is 24.0 Å². The fourth-order valence-electron chi connectivity index (χ4n) is 2.65. The summed E-state index contributed by atoms with van der Waals surface area (Å²) < 4.78 is 20.0. The highest BCUT2D eigenvalue weighted by molar-refractivity contribution is 5.64. The van der Waals surface area contributed by atoms with Crippen molar-refractivity contribution in [1.82, 2.24) is 0 Å². The molecule has 1 nitrogen and oxygen atoms in total. The van der Waals surface area contributed by atoms with E-state index in [4.69, 9.17) is 4.74 Å². The first kappa shape index (κ1) is 17.5. The van der Waals surface area contributed by atoms with Crippen molar-refractivity contribution in [3.63, 3.8) is 0 Å². The maximum absolute atomic E-state index is 14.3. The van der Waals surface area contributed by atoms with Gasteiger partial charge in [0, 0.05) is 0 Å². The predicted octanol–water partition coefficient (Wildman–Crippen LogP) is 6.40. The van der Waals surface area contributed by atoms with E-state index in [-0.39, 0.29) is 5.82 Å². The molecule has 0 saturated carbocycles. The maximum atomic E-state index is 14.3. The van der Waals surface area contributed by atoms with Gasteiger partial charge in [0.05, 0.1) is 6.61 Å². The third-order valence-electron chi connectivity index (χ3n) is 4.33. The fraction of sp³-hybridized carbons (Fsp3) is 0.429. The lowest BCUT2D eigenvalue weighted by Gasteiger charge is -2.16. The lowest BCUT2D eigenvalue weighted by Crippen LogP contribution is -2.12. The first-order chi connectivity index (χ1) is 11.1. The Morgan fingerprint density at radius 3 is 2.30 bits per heavy atom. The molecule has 0 saturated heterocycles. The van der Waals surface area contributed by atoms with Crippen LogP contribution in [-0.2, 0) is 0 Å². The normalized spacial score (nSPS) is 12.2. The van der Waals surface area contributed by atoms with Crippen LogP contribution in [0.4, 0.5) is 4.39 Å². The number of halogens is 1. The van der Waals surface area contributed by atoms with Gasteiger partial charge < -0.3 is 4.74 Å². The molecule has 2 aromatic carbocycles. The standard InChI is InChI=1S/C21H27FO/c1-4-6-7-17(5-2)15-23-21-13-12-19(14-20(21)22)18-10-8-16(3)9-11-18/h8-14,17H,4-7,15H2,1-3H3. The summed E-state index contributed by atoms with van der Waals surface area (Å²) in [6, 6.07) is 13.3. The molecular formula is C21H27FO. The minimum atomic E-state index is -0.284. The van der Waals surface area contributed by atoms with Gasteiger partial charge in [-0.05, 0) is 42.5 Å². The Kier molecular flexibility index (Phi) is 6.64. The SMILES string of the molecule is CCCCC(CC)COc1ccc(-c2ccc(C)cc2)cc1F. The van der Waals surface area contributed by atoms with Gasteiger partial charge in [-0.1, -0.05) is 69.0 Å². The fourth-order valence-corrected chi connectivity index (χ4v) is 2.65. The molecule has 23 heavy (non-hydrogen) atoms. The van der Waals surface area contributed by atoms with Crippen molar-refractivity contribution in [3.05, 3.63) is 53.8 Å². The number of benzene rings is 2. The Balaban J connectivity index is 2.03. The van der Waals surface area contributed by atoms with Crippen molar-refractivity contribution >= 4 is 0 Å². The second-order valence-electron chi connectivity index (χ2n) is 6.24.